The second-order valence-corrected chi connectivity index (χ2v) is 7.02. The topological polar surface area (TPSA) is 49.8 Å². The number of hydrogen-bond donors (Lipinski definition) is 1. The van der Waals surface area contributed by atoms with Crippen LogP contribution >= 0.6 is 12.4 Å². The first kappa shape index (κ1) is 19.2. The van der Waals surface area contributed by atoms with Crippen LogP contribution in [0, 0.1) is 5.92 Å². The zero-order valence-electron chi connectivity index (χ0n) is 14.3. The molecule has 0 radical (unpaired) electrons. The fourth-order valence-electron chi connectivity index (χ4n) is 3.90. The van der Waals surface area contributed by atoms with E-state index in [-0.39, 0.29) is 24.4 Å². The predicted molar refractivity (Wildman–Crippen MR) is 96.2 cm³/mol. The van der Waals surface area contributed by atoms with Gasteiger partial charge in [-0.15, -0.1) is 12.4 Å². The summed E-state index contributed by atoms with van der Waals surface area (Å²) in [5.74, 6) is -0.492. The van der Waals surface area contributed by atoms with Crippen molar-refractivity contribution in [3.05, 3.63) is 35.9 Å². The summed E-state index contributed by atoms with van der Waals surface area (Å²) >= 11 is 0. The van der Waals surface area contributed by atoms with Gasteiger partial charge in [0, 0.05) is 19.0 Å². The molecule has 0 aromatic heterocycles. The Morgan fingerprint density at radius 3 is 2.29 bits per heavy atom. The monoisotopic (exact) mass is 353 g/mol. The fourth-order valence-corrected chi connectivity index (χ4v) is 3.90. The molecule has 0 amide bonds. The van der Waals surface area contributed by atoms with Crippen molar-refractivity contribution in [3.63, 3.8) is 0 Å². The van der Waals surface area contributed by atoms with Gasteiger partial charge in [0.25, 0.3) is 0 Å². The maximum absolute atomic E-state index is 12.9. The molecule has 0 bridgehead atoms. The van der Waals surface area contributed by atoms with Crippen LogP contribution in [0.25, 0.3) is 0 Å². The number of rotatable bonds is 4. The normalized spacial score (nSPS) is 22.6. The highest BCUT2D eigenvalue weighted by Crippen LogP contribution is 2.41. The van der Waals surface area contributed by atoms with Gasteiger partial charge in [0.15, 0.2) is 5.60 Å². The van der Waals surface area contributed by atoms with Crippen LogP contribution < -0.4 is 0 Å². The number of halogens is 1. The number of likely N-dealkylation sites (tertiary alicyclic amines) is 1. The van der Waals surface area contributed by atoms with Crippen molar-refractivity contribution < 1.29 is 14.6 Å². The minimum atomic E-state index is -1.50. The second kappa shape index (κ2) is 8.32. The summed E-state index contributed by atoms with van der Waals surface area (Å²) in [6, 6.07) is 9.33. The predicted octanol–water partition coefficient (Wildman–Crippen LogP) is 3.12. The zero-order valence-corrected chi connectivity index (χ0v) is 15.1. The van der Waals surface area contributed by atoms with Gasteiger partial charge in [0.1, 0.15) is 6.10 Å². The molecule has 1 saturated heterocycles. The lowest BCUT2D eigenvalue weighted by Gasteiger charge is -2.35. The Labute approximate surface area is 150 Å². The highest BCUT2D eigenvalue weighted by Gasteiger charge is 2.48. The molecule has 5 heteroatoms. The van der Waals surface area contributed by atoms with Crippen LogP contribution in [-0.4, -0.2) is 42.2 Å². The Bertz CT molecular complexity index is 525. The van der Waals surface area contributed by atoms with E-state index in [1.165, 1.54) is 0 Å². The number of piperidine rings is 1. The van der Waals surface area contributed by atoms with Crippen LogP contribution in [0.1, 0.15) is 44.1 Å². The first-order valence-corrected chi connectivity index (χ1v) is 8.78. The maximum atomic E-state index is 12.9. The number of nitrogens with zero attached hydrogens (tertiary/aromatic N) is 1. The van der Waals surface area contributed by atoms with Gasteiger partial charge >= 0.3 is 5.97 Å². The van der Waals surface area contributed by atoms with Gasteiger partial charge in [-0.25, -0.2) is 4.79 Å². The highest BCUT2D eigenvalue weighted by atomic mass is 35.5. The Kier molecular flexibility index (Phi) is 6.67. The molecule has 1 unspecified atom stereocenters. The third-order valence-corrected chi connectivity index (χ3v) is 5.41. The van der Waals surface area contributed by atoms with Crippen LogP contribution in [0.2, 0.25) is 0 Å². The number of aliphatic hydroxyl groups is 1. The molecule has 134 valence electrons. The van der Waals surface area contributed by atoms with Crippen LogP contribution in [0.4, 0.5) is 0 Å². The molecule has 3 rings (SSSR count). The molecule has 1 atom stereocenters. The molecule has 24 heavy (non-hydrogen) atoms. The quantitative estimate of drug-likeness (QED) is 0.845. The number of esters is 1. The van der Waals surface area contributed by atoms with Crippen LogP contribution in [0.5, 0.6) is 0 Å². The summed E-state index contributed by atoms with van der Waals surface area (Å²) < 4.78 is 5.76. The molecule has 1 aromatic carbocycles. The van der Waals surface area contributed by atoms with E-state index in [1.807, 2.05) is 30.3 Å². The van der Waals surface area contributed by atoms with E-state index in [9.17, 15) is 9.90 Å². The summed E-state index contributed by atoms with van der Waals surface area (Å²) in [6.07, 6.45) is 5.52. The number of carbonyl (C=O) groups is 1. The lowest BCUT2D eigenvalue weighted by Crippen LogP contribution is -2.46. The van der Waals surface area contributed by atoms with E-state index in [0.29, 0.717) is 5.56 Å². The van der Waals surface area contributed by atoms with E-state index in [2.05, 4.69) is 11.9 Å². The fraction of sp³-hybridized carbons (Fsp3) is 0.632. The Morgan fingerprint density at radius 1 is 1.12 bits per heavy atom. The van der Waals surface area contributed by atoms with Gasteiger partial charge in [-0.1, -0.05) is 43.2 Å². The highest BCUT2D eigenvalue weighted by molar-refractivity contribution is 5.85. The molecule has 0 spiro atoms. The van der Waals surface area contributed by atoms with Gasteiger partial charge in [-0.05, 0) is 38.3 Å². The third kappa shape index (κ3) is 3.93. The summed E-state index contributed by atoms with van der Waals surface area (Å²) in [4.78, 5) is 15.2. The lowest BCUT2D eigenvalue weighted by molar-refractivity contribution is -0.181. The van der Waals surface area contributed by atoms with Crippen LogP contribution in [0.15, 0.2) is 30.3 Å². The molecule has 1 aliphatic carbocycles. The van der Waals surface area contributed by atoms with E-state index in [4.69, 9.17) is 4.74 Å². The van der Waals surface area contributed by atoms with Gasteiger partial charge in [-0.3, -0.25) is 0 Å². The van der Waals surface area contributed by atoms with Gasteiger partial charge in [0.05, 0.1) is 0 Å². The first-order chi connectivity index (χ1) is 11.1. The van der Waals surface area contributed by atoms with Crippen molar-refractivity contribution in [2.45, 2.75) is 50.2 Å². The summed E-state index contributed by atoms with van der Waals surface area (Å²) in [6.45, 7) is 1.87. The molecular weight excluding hydrogens is 326 g/mol. The molecule has 1 aliphatic heterocycles. The SMILES string of the molecule is CN1CCC(OC(=O)C(O)(c2ccccc2)C2CCCC2)CC1.Cl. The molecule has 1 aromatic rings. The Morgan fingerprint density at radius 2 is 1.71 bits per heavy atom. The maximum Gasteiger partial charge on any atom is 0.343 e. The molecule has 1 heterocycles. The molecule has 1 N–H and O–H groups in total. The summed E-state index contributed by atoms with van der Waals surface area (Å²) in [7, 11) is 2.08. The van der Waals surface area contributed by atoms with Gasteiger partial charge in [-0.2, -0.15) is 0 Å². The zero-order chi connectivity index (χ0) is 16.3. The van der Waals surface area contributed by atoms with Crippen molar-refractivity contribution in [1.82, 2.24) is 4.90 Å². The number of ether oxygens (including phenoxy) is 1. The van der Waals surface area contributed by atoms with E-state index < -0.39 is 11.6 Å². The van der Waals surface area contributed by atoms with E-state index in [1.54, 1.807) is 0 Å². The average Bonchev–Trinajstić information content (AvgIpc) is 3.12. The second-order valence-electron chi connectivity index (χ2n) is 7.02. The minimum Gasteiger partial charge on any atom is -0.460 e. The van der Waals surface area contributed by atoms with Crippen molar-refractivity contribution in [1.29, 1.82) is 0 Å². The van der Waals surface area contributed by atoms with E-state index >= 15 is 0 Å². The number of carbonyl (C=O) groups excluding carboxylic acids is 1. The minimum absolute atomic E-state index is 0. The van der Waals surface area contributed by atoms with E-state index in [0.717, 1.165) is 51.6 Å². The van der Waals surface area contributed by atoms with Crippen molar-refractivity contribution in [2.24, 2.45) is 5.92 Å². The summed E-state index contributed by atoms with van der Waals surface area (Å²) in [5, 5.41) is 11.3. The van der Waals surface area contributed by atoms with Gasteiger partial charge in [0.2, 0.25) is 0 Å². The van der Waals surface area contributed by atoms with Crippen molar-refractivity contribution in [2.75, 3.05) is 20.1 Å². The average molecular weight is 354 g/mol. The Hall–Kier alpha value is -1.10. The van der Waals surface area contributed by atoms with Crippen molar-refractivity contribution in [3.8, 4) is 0 Å². The van der Waals surface area contributed by atoms with Crippen molar-refractivity contribution >= 4 is 18.4 Å². The molecule has 2 fully saturated rings. The molecule has 4 nitrogen and oxygen atoms in total. The molecular formula is C19H28ClNO3. The van der Waals surface area contributed by atoms with Crippen LogP contribution in [-0.2, 0) is 15.1 Å². The molecule has 2 aliphatic rings. The first-order valence-electron chi connectivity index (χ1n) is 8.78. The number of hydrogen-bond acceptors (Lipinski definition) is 4. The number of benzene rings is 1. The smallest absolute Gasteiger partial charge is 0.343 e. The third-order valence-electron chi connectivity index (χ3n) is 5.41. The van der Waals surface area contributed by atoms with Crippen LogP contribution in [0.3, 0.4) is 0 Å². The lowest BCUT2D eigenvalue weighted by atomic mass is 9.80. The largest absolute Gasteiger partial charge is 0.460 e. The standard InChI is InChI=1S/C19H27NO3.ClH/c1-20-13-11-17(12-14-20)23-18(21)19(22,16-9-5-6-10-16)15-7-3-2-4-8-15;/h2-4,7-8,16-17,22H,5-6,9-14H2,1H3;1H. The molecule has 1 saturated carbocycles. The van der Waals surface area contributed by atoms with Gasteiger partial charge < -0.3 is 14.7 Å². The Balaban J connectivity index is 0.00000208. The summed E-state index contributed by atoms with van der Waals surface area (Å²) in [5.41, 5.74) is -0.828.